The summed E-state index contributed by atoms with van der Waals surface area (Å²) in [5.74, 6) is -0.0387. The topological polar surface area (TPSA) is 40.6 Å². The lowest BCUT2D eigenvalue weighted by Gasteiger charge is -2.51. The molecule has 4 aromatic rings. The number of carbonyl (C=O) groups excluding carboxylic acids is 2. The highest BCUT2D eigenvalue weighted by molar-refractivity contribution is 9.10. The molecule has 0 saturated heterocycles. The highest BCUT2D eigenvalue weighted by Gasteiger charge is 2.48. The van der Waals surface area contributed by atoms with Gasteiger partial charge >= 0.3 is 0 Å². The molecule has 0 bridgehead atoms. The Kier molecular flexibility index (Phi) is 7.53. The van der Waals surface area contributed by atoms with Gasteiger partial charge in [0.15, 0.2) is 0 Å². The third-order valence-electron chi connectivity index (χ3n) is 9.16. The van der Waals surface area contributed by atoms with E-state index in [1.165, 1.54) is 0 Å². The summed E-state index contributed by atoms with van der Waals surface area (Å²) in [5.41, 5.74) is 6.27. The van der Waals surface area contributed by atoms with Gasteiger partial charge in [-0.05, 0) is 124 Å². The van der Waals surface area contributed by atoms with Gasteiger partial charge in [-0.2, -0.15) is 0 Å². The molecule has 0 spiro atoms. The van der Waals surface area contributed by atoms with Crippen LogP contribution in [0.4, 0.5) is 11.4 Å². The lowest BCUT2D eigenvalue weighted by atomic mass is 9.64. The molecule has 6 rings (SSSR count). The molecule has 0 unspecified atom stereocenters. The number of hydrogen-bond acceptors (Lipinski definition) is 2. The lowest BCUT2D eigenvalue weighted by Crippen LogP contribution is -2.56. The average Bonchev–Trinajstić information content (AvgIpc) is 2.96. The number of carbonyl (C=O) groups is 2. The molecular weight excluding hydrogens is 676 g/mol. The first-order valence-electron chi connectivity index (χ1n) is 14.9. The minimum absolute atomic E-state index is 0.00875. The number of amides is 2. The van der Waals surface area contributed by atoms with Crippen molar-refractivity contribution in [2.45, 2.75) is 64.5 Å². The second kappa shape index (κ2) is 10.8. The zero-order valence-electron chi connectivity index (χ0n) is 25.9. The van der Waals surface area contributed by atoms with Crippen LogP contribution in [-0.4, -0.2) is 22.9 Å². The number of rotatable bonds is 3. The molecule has 4 nitrogen and oxygen atoms in total. The molecule has 2 heterocycles. The van der Waals surface area contributed by atoms with E-state index in [4.69, 9.17) is 0 Å². The number of benzene rings is 4. The first kappa shape index (κ1) is 30.5. The third-order valence-corrected chi connectivity index (χ3v) is 10.2. The molecule has 0 aliphatic carbocycles. The van der Waals surface area contributed by atoms with E-state index >= 15 is 0 Å². The summed E-state index contributed by atoms with van der Waals surface area (Å²) < 4.78 is 1.88. The molecule has 4 aromatic carbocycles. The van der Waals surface area contributed by atoms with Crippen LogP contribution in [0.1, 0.15) is 85.4 Å². The van der Waals surface area contributed by atoms with Crippen LogP contribution in [0.5, 0.6) is 0 Å². The van der Waals surface area contributed by atoms with Crippen molar-refractivity contribution in [3.63, 3.8) is 0 Å². The van der Waals surface area contributed by atoms with Gasteiger partial charge < -0.3 is 4.90 Å². The molecule has 0 saturated carbocycles. The molecule has 0 N–H and O–H groups in total. The van der Waals surface area contributed by atoms with Crippen LogP contribution in [0.2, 0.25) is 0 Å². The molecule has 224 valence electrons. The van der Waals surface area contributed by atoms with E-state index in [-0.39, 0.29) is 17.2 Å². The van der Waals surface area contributed by atoms with Crippen LogP contribution < -0.4 is 9.80 Å². The van der Waals surface area contributed by atoms with E-state index < -0.39 is 11.1 Å². The van der Waals surface area contributed by atoms with Crippen molar-refractivity contribution in [3.8, 4) is 0 Å². The monoisotopic (exact) mass is 710 g/mol. The quantitative estimate of drug-likeness (QED) is 0.212. The molecule has 44 heavy (non-hydrogen) atoms. The first-order valence-corrected chi connectivity index (χ1v) is 16.5. The number of allylic oxidation sites excluding steroid dienone is 1. The minimum atomic E-state index is -0.500. The van der Waals surface area contributed by atoms with Gasteiger partial charge in [0, 0.05) is 42.3 Å². The van der Waals surface area contributed by atoms with E-state index in [1.807, 2.05) is 64.4 Å². The SMILES string of the molecule is CC1=CC(C)(C)N(C(=O)c2ccc(Br)cc2)c2ccc([C@@]3(C)CC(C)(C)N(C(=O)c4ccc(Br)cc4)c4ccccc43)cc21. The van der Waals surface area contributed by atoms with Crippen LogP contribution in [0.25, 0.3) is 5.57 Å². The molecular formula is C38H36Br2N2O2. The van der Waals surface area contributed by atoms with Crippen molar-refractivity contribution >= 4 is 60.6 Å². The summed E-state index contributed by atoms with van der Waals surface area (Å²) in [6.45, 7) is 12.9. The van der Waals surface area contributed by atoms with Crippen molar-refractivity contribution in [1.29, 1.82) is 0 Å². The Hall–Kier alpha value is -3.48. The zero-order valence-corrected chi connectivity index (χ0v) is 29.1. The largest absolute Gasteiger partial charge is 0.302 e. The van der Waals surface area contributed by atoms with Gasteiger partial charge in [-0.3, -0.25) is 14.5 Å². The number of para-hydroxylation sites is 1. The van der Waals surface area contributed by atoms with Crippen molar-refractivity contribution < 1.29 is 9.59 Å². The van der Waals surface area contributed by atoms with Crippen LogP contribution in [0, 0.1) is 0 Å². The van der Waals surface area contributed by atoms with E-state index in [1.54, 1.807) is 0 Å². The average molecular weight is 713 g/mol. The summed E-state index contributed by atoms with van der Waals surface area (Å²) >= 11 is 6.97. The van der Waals surface area contributed by atoms with Gasteiger partial charge in [0.25, 0.3) is 11.8 Å². The van der Waals surface area contributed by atoms with Gasteiger partial charge in [-0.25, -0.2) is 0 Å². The Labute approximate surface area is 277 Å². The molecule has 2 aliphatic heterocycles. The standard InChI is InChI=1S/C38H36Br2N2O2/c1-24-22-36(2,3)41(34(43)25-11-16-28(39)17-12-25)32-20-15-27(21-30(24)32)38(6)23-37(4,5)42(33-10-8-7-9-31(33)38)35(44)26-13-18-29(40)19-14-26/h7-22H,23H2,1-6H3/t38-/m1/s1. The van der Waals surface area contributed by atoms with Crippen LogP contribution in [-0.2, 0) is 5.41 Å². The van der Waals surface area contributed by atoms with Gasteiger partial charge in [0.2, 0.25) is 0 Å². The highest BCUT2D eigenvalue weighted by atomic mass is 79.9. The Morgan fingerprint density at radius 1 is 0.682 bits per heavy atom. The molecule has 2 amide bonds. The second-order valence-electron chi connectivity index (χ2n) is 13.3. The van der Waals surface area contributed by atoms with Crippen LogP contribution in [0.15, 0.2) is 106 Å². The fourth-order valence-electron chi connectivity index (χ4n) is 7.33. The normalized spacial score (nSPS) is 20.0. The number of halogens is 2. The molecule has 0 fully saturated rings. The summed E-state index contributed by atoms with van der Waals surface area (Å²) in [7, 11) is 0. The lowest BCUT2D eigenvalue weighted by molar-refractivity contribution is 0.0946. The number of anilines is 2. The van der Waals surface area contributed by atoms with E-state index in [2.05, 4.69) is 116 Å². The van der Waals surface area contributed by atoms with Gasteiger partial charge in [0.1, 0.15) is 0 Å². The highest BCUT2D eigenvalue weighted by Crippen LogP contribution is 2.52. The molecule has 2 aliphatic rings. The van der Waals surface area contributed by atoms with Crippen LogP contribution >= 0.6 is 31.9 Å². The predicted octanol–water partition coefficient (Wildman–Crippen LogP) is 10.2. The molecule has 1 atom stereocenters. The minimum Gasteiger partial charge on any atom is -0.302 e. The van der Waals surface area contributed by atoms with Crippen molar-refractivity contribution in [2.75, 3.05) is 9.80 Å². The zero-order chi connectivity index (χ0) is 31.6. The second-order valence-corrected chi connectivity index (χ2v) is 15.2. The summed E-state index contributed by atoms with van der Waals surface area (Å²) in [4.78, 5) is 31.9. The number of nitrogens with zero attached hydrogens (tertiary/aromatic N) is 2. The van der Waals surface area contributed by atoms with Gasteiger partial charge in [-0.15, -0.1) is 0 Å². The fraction of sp³-hybridized carbons (Fsp3) is 0.263. The summed E-state index contributed by atoms with van der Waals surface area (Å²) in [6, 6.07) is 30.0. The predicted molar refractivity (Wildman–Crippen MR) is 188 cm³/mol. The third kappa shape index (κ3) is 5.06. The molecule has 6 heteroatoms. The first-order chi connectivity index (χ1) is 20.7. The van der Waals surface area contributed by atoms with Gasteiger partial charge in [-0.1, -0.05) is 69.1 Å². The van der Waals surface area contributed by atoms with Crippen LogP contribution in [0.3, 0.4) is 0 Å². The molecule has 0 aromatic heterocycles. The van der Waals surface area contributed by atoms with Gasteiger partial charge in [0.05, 0.1) is 11.2 Å². The maximum absolute atomic E-state index is 14.0. The maximum atomic E-state index is 14.0. The number of fused-ring (bicyclic) bond motifs is 2. The van der Waals surface area contributed by atoms with Crippen molar-refractivity contribution in [2.24, 2.45) is 0 Å². The Balaban J connectivity index is 1.46. The van der Waals surface area contributed by atoms with E-state index in [0.717, 1.165) is 49.0 Å². The van der Waals surface area contributed by atoms with E-state index in [9.17, 15) is 9.59 Å². The van der Waals surface area contributed by atoms with Crippen molar-refractivity contribution in [3.05, 3.63) is 134 Å². The Morgan fingerprint density at radius 2 is 1.23 bits per heavy atom. The Bertz CT molecular complexity index is 1820. The summed E-state index contributed by atoms with van der Waals surface area (Å²) in [5, 5.41) is 0. The molecule has 0 radical (unpaired) electrons. The number of hydrogen-bond donors (Lipinski definition) is 0. The Morgan fingerprint density at radius 3 is 1.82 bits per heavy atom. The fourth-order valence-corrected chi connectivity index (χ4v) is 7.86. The van der Waals surface area contributed by atoms with Crippen molar-refractivity contribution in [1.82, 2.24) is 0 Å². The van der Waals surface area contributed by atoms with E-state index in [0.29, 0.717) is 11.1 Å². The maximum Gasteiger partial charge on any atom is 0.259 e. The smallest absolute Gasteiger partial charge is 0.259 e. The summed E-state index contributed by atoms with van der Waals surface area (Å²) in [6.07, 6.45) is 2.92.